The van der Waals surface area contributed by atoms with Gasteiger partial charge in [0.05, 0.1) is 17.8 Å². The van der Waals surface area contributed by atoms with Crippen molar-refractivity contribution in [3.05, 3.63) is 52.5 Å². The van der Waals surface area contributed by atoms with Gasteiger partial charge in [0, 0.05) is 17.7 Å². The largest absolute Gasteiger partial charge is 0.493 e. The van der Waals surface area contributed by atoms with Crippen molar-refractivity contribution in [2.75, 3.05) is 25.2 Å². The van der Waals surface area contributed by atoms with Gasteiger partial charge in [-0.25, -0.2) is 0 Å². The van der Waals surface area contributed by atoms with Crippen molar-refractivity contribution in [1.82, 2.24) is 0 Å². The van der Waals surface area contributed by atoms with Crippen LogP contribution in [-0.4, -0.2) is 26.2 Å². The number of fused-ring (bicyclic) bond motifs is 1. The summed E-state index contributed by atoms with van der Waals surface area (Å²) in [5.74, 6) is 3.61. The molecule has 0 fully saturated rings. The Hall–Kier alpha value is -2.90. The molecule has 0 bridgehead atoms. The van der Waals surface area contributed by atoms with Crippen LogP contribution in [0.4, 0.5) is 5.69 Å². The number of para-hydroxylation sites is 1. The van der Waals surface area contributed by atoms with E-state index in [1.165, 1.54) is 7.11 Å². The lowest BCUT2D eigenvalue weighted by atomic mass is 10.0. The number of terminal acetylenes is 1. The third-order valence-corrected chi connectivity index (χ3v) is 4.65. The number of rotatable bonds is 6. The second-order valence-electron chi connectivity index (χ2n) is 6.91. The third-order valence-electron chi connectivity index (χ3n) is 4.37. The highest BCUT2D eigenvalue weighted by Crippen LogP contribution is 2.41. The molecule has 0 spiro atoms. The molecule has 144 valence electrons. The van der Waals surface area contributed by atoms with E-state index in [0.29, 0.717) is 34.6 Å². The summed E-state index contributed by atoms with van der Waals surface area (Å²) in [4.78, 5) is 14.9. The van der Waals surface area contributed by atoms with Gasteiger partial charge in [0.1, 0.15) is 6.61 Å². The molecule has 1 aliphatic heterocycles. The molecule has 0 aliphatic carbocycles. The first kappa shape index (κ1) is 19.9. The minimum Gasteiger partial charge on any atom is -0.493 e. The van der Waals surface area contributed by atoms with Crippen molar-refractivity contribution in [3.8, 4) is 23.8 Å². The lowest BCUT2D eigenvalue weighted by Crippen LogP contribution is -2.30. The lowest BCUT2D eigenvalue weighted by molar-refractivity contribution is -0.113. The Morgan fingerprint density at radius 3 is 2.71 bits per heavy atom. The monoisotopic (exact) mass is 395 g/mol. The number of nitrogens with zero attached hydrogens (tertiary/aromatic N) is 1. The summed E-state index contributed by atoms with van der Waals surface area (Å²) in [5, 5.41) is 0.374. The minimum absolute atomic E-state index is 0.0161. The average Bonchev–Trinajstić information content (AvgIpc) is 2.92. The maximum Gasteiger partial charge on any atom is 0.259 e. The minimum atomic E-state index is -0.0161. The van der Waals surface area contributed by atoms with Gasteiger partial charge in [-0.15, -0.1) is 6.42 Å². The van der Waals surface area contributed by atoms with Crippen LogP contribution in [0.25, 0.3) is 11.6 Å². The SMILES string of the molecule is C#CCOc1c(Cl)cc(/C=C2\C(=O)N(CC(C)C)c3ccccc32)cc1OC. The molecule has 0 radical (unpaired) electrons. The lowest BCUT2D eigenvalue weighted by Gasteiger charge is -2.19. The zero-order valence-electron chi connectivity index (χ0n) is 16.2. The molecule has 0 saturated carbocycles. The molecule has 4 nitrogen and oxygen atoms in total. The predicted octanol–water partition coefficient (Wildman–Crippen LogP) is 4.90. The molecule has 2 aromatic carbocycles. The summed E-state index contributed by atoms with van der Waals surface area (Å²) in [6.45, 7) is 4.94. The molecular formula is C23H22ClNO3. The maximum absolute atomic E-state index is 13.1. The Bertz CT molecular complexity index is 972. The predicted molar refractivity (Wildman–Crippen MR) is 114 cm³/mol. The first-order valence-electron chi connectivity index (χ1n) is 9.03. The van der Waals surface area contributed by atoms with Crippen LogP contribution in [0.5, 0.6) is 11.5 Å². The Labute approximate surface area is 170 Å². The molecule has 0 atom stereocenters. The summed E-state index contributed by atoms with van der Waals surface area (Å²) in [7, 11) is 1.53. The van der Waals surface area contributed by atoms with E-state index in [4.69, 9.17) is 27.5 Å². The number of anilines is 1. The molecule has 3 rings (SSSR count). The van der Waals surface area contributed by atoms with Crippen LogP contribution in [0.2, 0.25) is 5.02 Å². The Morgan fingerprint density at radius 1 is 1.29 bits per heavy atom. The maximum atomic E-state index is 13.1. The molecule has 0 saturated heterocycles. The standard InChI is InChI=1S/C23H22ClNO3/c1-5-10-28-22-19(24)12-16(13-21(22)27-4)11-18-17-8-6-7-9-20(17)25(23(18)26)14-15(2)3/h1,6-9,11-13,15H,10,14H2,2-4H3/b18-11-. The van der Waals surface area contributed by atoms with E-state index in [-0.39, 0.29) is 12.5 Å². The molecule has 0 N–H and O–H groups in total. The molecule has 0 unspecified atom stereocenters. The number of benzene rings is 2. The van der Waals surface area contributed by atoms with Crippen molar-refractivity contribution < 1.29 is 14.3 Å². The van der Waals surface area contributed by atoms with E-state index in [1.807, 2.05) is 35.2 Å². The van der Waals surface area contributed by atoms with Crippen LogP contribution in [-0.2, 0) is 4.79 Å². The highest BCUT2D eigenvalue weighted by Gasteiger charge is 2.32. The molecule has 0 aromatic heterocycles. The second-order valence-corrected chi connectivity index (χ2v) is 7.32. The molecule has 1 amide bonds. The Kier molecular flexibility index (Phi) is 5.96. The highest BCUT2D eigenvalue weighted by atomic mass is 35.5. The summed E-state index contributed by atoms with van der Waals surface area (Å²) in [6, 6.07) is 11.3. The summed E-state index contributed by atoms with van der Waals surface area (Å²) < 4.78 is 10.9. The fourth-order valence-corrected chi connectivity index (χ4v) is 3.51. The van der Waals surface area contributed by atoms with Crippen LogP contribution in [0, 0.1) is 18.3 Å². The van der Waals surface area contributed by atoms with Crippen molar-refractivity contribution in [3.63, 3.8) is 0 Å². The van der Waals surface area contributed by atoms with E-state index < -0.39 is 0 Å². The van der Waals surface area contributed by atoms with E-state index in [0.717, 1.165) is 16.8 Å². The van der Waals surface area contributed by atoms with Gasteiger partial charge in [0.2, 0.25) is 0 Å². The van der Waals surface area contributed by atoms with Crippen LogP contribution < -0.4 is 14.4 Å². The zero-order chi connectivity index (χ0) is 20.3. The van der Waals surface area contributed by atoms with E-state index in [1.54, 1.807) is 12.1 Å². The fraction of sp³-hybridized carbons (Fsp3) is 0.261. The number of ether oxygens (including phenoxy) is 2. The van der Waals surface area contributed by atoms with Gasteiger partial charge in [-0.1, -0.05) is 49.6 Å². The molecule has 5 heteroatoms. The van der Waals surface area contributed by atoms with Gasteiger partial charge in [0.25, 0.3) is 5.91 Å². The molecule has 1 aliphatic rings. The van der Waals surface area contributed by atoms with E-state index >= 15 is 0 Å². The Morgan fingerprint density at radius 2 is 2.04 bits per heavy atom. The average molecular weight is 396 g/mol. The molecule has 28 heavy (non-hydrogen) atoms. The highest BCUT2D eigenvalue weighted by molar-refractivity contribution is 6.36. The van der Waals surface area contributed by atoms with Gasteiger partial charge in [0.15, 0.2) is 11.5 Å². The van der Waals surface area contributed by atoms with Crippen molar-refractivity contribution in [2.45, 2.75) is 13.8 Å². The van der Waals surface area contributed by atoms with Gasteiger partial charge >= 0.3 is 0 Å². The van der Waals surface area contributed by atoms with E-state index in [2.05, 4.69) is 19.8 Å². The first-order chi connectivity index (χ1) is 13.5. The van der Waals surface area contributed by atoms with Crippen LogP contribution in [0.1, 0.15) is 25.0 Å². The smallest absolute Gasteiger partial charge is 0.259 e. The van der Waals surface area contributed by atoms with Gasteiger partial charge < -0.3 is 14.4 Å². The van der Waals surface area contributed by atoms with Crippen molar-refractivity contribution in [2.24, 2.45) is 5.92 Å². The molecular weight excluding hydrogens is 374 g/mol. The first-order valence-corrected chi connectivity index (χ1v) is 9.40. The van der Waals surface area contributed by atoms with Gasteiger partial charge in [-0.2, -0.15) is 0 Å². The Balaban J connectivity index is 2.05. The summed E-state index contributed by atoms with van der Waals surface area (Å²) >= 11 is 6.37. The second kappa shape index (κ2) is 8.41. The summed E-state index contributed by atoms with van der Waals surface area (Å²) in [5.41, 5.74) is 3.22. The number of carbonyl (C=O) groups excluding carboxylic acids is 1. The zero-order valence-corrected chi connectivity index (χ0v) is 16.9. The third kappa shape index (κ3) is 3.85. The number of amides is 1. The van der Waals surface area contributed by atoms with Crippen LogP contribution in [0.15, 0.2) is 36.4 Å². The number of hydrogen-bond donors (Lipinski definition) is 0. The summed E-state index contributed by atoms with van der Waals surface area (Å²) in [6.07, 6.45) is 7.09. The quantitative estimate of drug-likeness (QED) is 0.515. The molecule has 1 heterocycles. The van der Waals surface area contributed by atoms with Crippen LogP contribution in [0.3, 0.4) is 0 Å². The molecule has 2 aromatic rings. The number of halogens is 1. The van der Waals surface area contributed by atoms with Gasteiger partial charge in [-0.3, -0.25) is 4.79 Å². The fourth-order valence-electron chi connectivity index (χ4n) is 3.24. The normalized spacial score (nSPS) is 14.4. The van der Waals surface area contributed by atoms with Gasteiger partial charge in [-0.05, 0) is 35.8 Å². The van der Waals surface area contributed by atoms with Crippen molar-refractivity contribution >= 4 is 34.8 Å². The van der Waals surface area contributed by atoms with Crippen LogP contribution >= 0.6 is 11.6 Å². The number of carbonyl (C=O) groups is 1. The number of hydrogen-bond acceptors (Lipinski definition) is 3. The number of methoxy groups -OCH3 is 1. The van der Waals surface area contributed by atoms with Crippen molar-refractivity contribution in [1.29, 1.82) is 0 Å². The topological polar surface area (TPSA) is 38.8 Å². The van der Waals surface area contributed by atoms with E-state index in [9.17, 15) is 4.79 Å².